The monoisotopic (exact) mass is 192 g/mol. The summed E-state index contributed by atoms with van der Waals surface area (Å²) in [7, 11) is 0. The van der Waals surface area contributed by atoms with Crippen molar-refractivity contribution < 1.29 is 4.74 Å². The molecule has 3 N–H and O–H groups in total. The summed E-state index contributed by atoms with van der Waals surface area (Å²) in [5, 5.41) is 0.852. The molecule has 0 saturated heterocycles. The molecule has 0 atom stereocenters. The van der Waals surface area contributed by atoms with E-state index in [0.29, 0.717) is 24.9 Å². The first-order valence-corrected chi connectivity index (χ1v) is 4.48. The van der Waals surface area contributed by atoms with Gasteiger partial charge in [-0.25, -0.2) is 9.97 Å². The smallest absolute Gasteiger partial charge is 0.158 e. The Bertz CT molecular complexity index is 437. The van der Waals surface area contributed by atoms with Crippen LogP contribution in [0.3, 0.4) is 0 Å². The number of hydrogen-bond acceptors (Lipinski definition) is 4. The Morgan fingerprint density at radius 1 is 1.50 bits per heavy atom. The molecule has 14 heavy (non-hydrogen) atoms. The van der Waals surface area contributed by atoms with Crippen LogP contribution in [0.5, 0.6) is 0 Å². The van der Waals surface area contributed by atoms with Crippen LogP contribution in [0.15, 0.2) is 12.3 Å². The van der Waals surface area contributed by atoms with Gasteiger partial charge in [-0.05, 0) is 13.0 Å². The highest BCUT2D eigenvalue weighted by molar-refractivity contribution is 5.85. The summed E-state index contributed by atoms with van der Waals surface area (Å²) in [4.78, 5) is 11.4. The fourth-order valence-corrected chi connectivity index (χ4v) is 1.27. The molecule has 0 aliphatic carbocycles. The second-order valence-electron chi connectivity index (χ2n) is 2.90. The average molecular weight is 192 g/mol. The Morgan fingerprint density at radius 2 is 2.36 bits per heavy atom. The van der Waals surface area contributed by atoms with Gasteiger partial charge in [-0.2, -0.15) is 0 Å². The van der Waals surface area contributed by atoms with E-state index < -0.39 is 0 Å². The van der Waals surface area contributed by atoms with Crippen molar-refractivity contribution in [2.45, 2.75) is 13.5 Å². The van der Waals surface area contributed by atoms with Crippen molar-refractivity contribution in [1.29, 1.82) is 0 Å². The van der Waals surface area contributed by atoms with Crippen molar-refractivity contribution >= 4 is 16.9 Å². The number of rotatable bonds is 3. The SMILES string of the molecule is CCOCc1nc(N)c2cc[nH]c2n1. The topological polar surface area (TPSA) is 76.8 Å². The Kier molecular flexibility index (Phi) is 2.32. The van der Waals surface area contributed by atoms with Gasteiger partial charge >= 0.3 is 0 Å². The minimum atomic E-state index is 0.398. The number of nitrogens with zero attached hydrogens (tertiary/aromatic N) is 2. The number of fused-ring (bicyclic) bond motifs is 1. The average Bonchev–Trinajstić information content (AvgIpc) is 2.63. The first-order valence-electron chi connectivity index (χ1n) is 4.48. The molecular weight excluding hydrogens is 180 g/mol. The number of nitrogen functional groups attached to an aromatic ring is 1. The second-order valence-corrected chi connectivity index (χ2v) is 2.90. The van der Waals surface area contributed by atoms with Crippen LogP contribution in [0.2, 0.25) is 0 Å². The van der Waals surface area contributed by atoms with Crippen LogP contribution in [0.4, 0.5) is 5.82 Å². The standard InChI is InChI=1S/C9H12N4O/c1-2-14-5-7-12-8(10)6-3-4-11-9(6)13-7/h3-4H,2,5H2,1H3,(H3,10,11,12,13). The predicted molar refractivity (Wildman–Crippen MR) is 53.6 cm³/mol. The third-order valence-corrected chi connectivity index (χ3v) is 1.93. The number of anilines is 1. The van der Waals surface area contributed by atoms with E-state index >= 15 is 0 Å². The summed E-state index contributed by atoms with van der Waals surface area (Å²) in [5.41, 5.74) is 6.50. The third kappa shape index (κ3) is 1.54. The molecule has 2 aromatic rings. The van der Waals surface area contributed by atoms with Crippen molar-refractivity contribution in [3.05, 3.63) is 18.1 Å². The highest BCUT2D eigenvalue weighted by Crippen LogP contribution is 2.15. The van der Waals surface area contributed by atoms with Crippen LogP contribution in [0.25, 0.3) is 11.0 Å². The number of nitrogens with two attached hydrogens (primary N) is 1. The van der Waals surface area contributed by atoms with Gasteiger partial charge in [-0.1, -0.05) is 0 Å². The Hall–Kier alpha value is -1.62. The molecule has 2 rings (SSSR count). The molecule has 0 bridgehead atoms. The van der Waals surface area contributed by atoms with E-state index in [2.05, 4.69) is 15.0 Å². The van der Waals surface area contributed by atoms with Crippen LogP contribution >= 0.6 is 0 Å². The molecule has 5 heteroatoms. The molecule has 0 aromatic carbocycles. The maximum atomic E-state index is 5.75. The number of hydrogen-bond donors (Lipinski definition) is 2. The number of aromatic amines is 1. The highest BCUT2D eigenvalue weighted by atomic mass is 16.5. The zero-order valence-electron chi connectivity index (χ0n) is 7.95. The van der Waals surface area contributed by atoms with Gasteiger partial charge in [0, 0.05) is 12.8 Å². The van der Waals surface area contributed by atoms with Crippen molar-refractivity contribution in [3.63, 3.8) is 0 Å². The predicted octanol–water partition coefficient (Wildman–Crippen LogP) is 1.08. The fourth-order valence-electron chi connectivity index (χ4n) is 1.27. The van der Waals surface area contributed by atoms with Crippen LogP contribution in [-0.4, -0.2) is 21.6 Å². The van der Waals surface area contributed by atoms with Crippen LogP contribution in [0.1, 0.15) is 12.7 Å². The summed E-state index contributed by atoms with van der Waals surface area (Å²) in [5.74, 6) is 1.10. The van der Waals surface area contributed by atoms with E-state index in [9.17, 15) is 0 Å². The van der Waals surface area contributed by atoms with Gasteiger partial charge in [0.2, 0.25) is 0 Å². The number of aromatic nitrogens is 3. The summed E-state index contributed by atoms with van der Waals surface area (Å²) >= 11 is 0. The zero-order chi connectivity index (χ0) is 9.97. The lowest BCUT2D eigenvalue weighted by Gasteiger charge is -2.01. The quantitative estimate of drug-likeness (QED) is 0.762. The van der Waals surface area contributed by atoms with Crippen molar-refractivity contribution in [1.82, 2.24) is 15.0 Å². The van der Waals surface area contributed by atoms with Crippen LogP contribution in [-0.2, 0) is 11.3 Å². The first kappa shape index (κ1) is 8.96. The molecule has 0 aliphatic heterocycles. The second kappa shape index (κ2) is 3.63. The van der Waals surface area contributed by atoms with Crippen molar-refractivity contribution in [2.75, 3.05) is 12.3 Å². The molecule has 0 spiro atoms. The van der Waals surface area contributed by atoms with Gasteiger partial charge < -0.3 is 15.5 Å². The molecule has 74 valence electrons. The number of H-pyrrole nitrogens is 1. The third-order valence-electron chi connectivity index (χ3n) is 1.93. The van der Waals surface area contributed by atoms with E-state index in [4.69, 9.17) is 10.5 Å². The van der Waals surface area contributed by atoms with E-state index in [1.165, 1.54) is 0 Å². The normalized spacial score (nSPS) is 10.9. The molecule has 0 saturated carbocycles. The number of ether oxygens (including phenoxy) is 1. The maximum absolute atomic E-state index is 5.75. The molecule has 2 aromatic heterocycles. The van der Waals surface area contributed by atoms with Gasteiger partial charge in [0.1, 0.15) is 18.1 Å². The van der Waals surface area contributed by atoms with E-state index in [1.807, 2.05) is 13.0 Å². The lowest BCUT2D eigenvalue weighted by Crippen LogP contribution is -2.02. The molecule has 0 unspecified atom stereocenters. The van der Waals surface area contributed by atoms with Crippen LogP contribution in [0, 0.1) is 0 Å². The van der Waals surface area contributed by atoms with E-state index in [-0.39, 0.29) is 0 Å². The van der Waals surface area contributed by atoms with Gasteiger partial charge in [0.15, 0.2) is 5.82 Å². The minimum Gasteiger partial charge on any atom is -0.383 e. The molecule has 0 amide bonds. The molecule has 0 aliphatic rings. The van der Waals surface area contributed by atoms with Gasteiger partial charge in [0.05, 0.1) is 5.39 Å². The lowest BCUT2D eigenvalue weighted by atomic mass is 10.4. The first-order chi connectivity index (χ1) is 6.81. The zero-order valence-corrected chi connectivity index (χ0v) is 7.95. The Labute approximate surface area is 81.3 Å². The summed E-state index contributed by atoms with van der Waals surface area (Å²) in [6, 6.07) is 1.86. The molecule has 5 nitrogen and oxygen atoms in total. The lowest BCUT2D eigenvalue weighted by molar-refractivity contribution is 0.128. The summed E-state index contributed by atoms with van der Waals surface area (Å²) in [6.07, 6.45) is 1.79. The van der Waals surface area contributed by atoms with E-state index in [1.54, 1.807) is 6.20 Å². The maximum Gasteiger partial charge on any atom is 0.158 e. The summed E-state index contributed by atoms with van der Waals surface area (Å²) in [6.45, 7) is 2.97. The Balaban J connectivity index is 2.38. The summed E-state index contributed by atoms with van der Waals surface area (Å²) < 4.78 is 5.21. The Morgan fingerprint density at radius 3 is 3.14 bits per heavy atom. The number of nitrogens with one attached hydrogen (secondary N) is 1. The molecule has 2 heterocycles. The highest BCUT2D eigenvalue weighted by Gasteiger charge is 2.05. The van der Waals surface area contributed by atoms with Crippen molar-refractivity contribution in [2.24, 2.45) is 0 Å². The van der Waals surface area contributed by atoms with Crippen molar-refractivity contribution in [3.8, 4) is 0 Å². The minimum absolute atomic E-state index is 0.398. The van der Waals surface area contributed by atoms with Gasteiger partial charge in [0.25, 0.3) is 0 Å². The molecular formula is C9H12N4O. The fraction of sp³-hybridized carbons (Fsp3) is 0.333. The van der Waals surface area contributed by atoms with E-state index in [0.717, 1.165) is 11.0 Å². The largest absolute Gasteiger partial charge is 0.383 e. The molecule has 0 fully saturated rings. The molecule has 0 radical (unpaired) electrons. The van der Waals surface area contributed by atoms with Crippen LogP contribution < -0.4 is 5.73 Å². The van der Waals surface area contributed by atoms with Gasteiger partial charge in [-0.15, -0.1) is 0 Å². The van der Waals surface area contributed by atoms with Gasteiger partial charge in [-0.3, -0.25) is 0 Å².